The molecule has 0 aliphatic carbocycles. The van der Waals surface area contributed by atoms with E-state index in [1.165, 1.54) is 22.5 Å². The van der Waals surface area contributed by atoms with Crippen molar-refractivity contribution in [1.29, 1.82) is 0 Å². The summed E-state index contributed by atoms with van der Waals surface area (Å²) in [6, 6.07) is 4.34. The van der Waals surface area contributed by atoms with Crippen molar-refractivity contribution in [3.05, 3.63) is 28.7 Å². The largest absolute Gasteiger partial charge is 0.396 e. The van der Waals surface area contributed by atoms with Gasteiger partial charge in [0.25, 0.3) is 0 Å². The molecule has 2 heterocycles. The Morgan fingerprint density at radius 1 is 1.27 bits per heavy atom. The van der Waals surface area contributed by atoms with Gasteiger partial charge in [-0.3, -0.25) is 0 Å². The van der Waals surface area contributed by atoms with E-state index in [0.717, 1.165) is 0 Å². The second-order valence-electron chi connectivity index (χ2n) is 5.45. The topological polar surface area (TPSA) is 126 Å². The summed E-state index contributed by atoms with van der Waals surface area (Å²) in [4.78, 5) is 16.4. The van der Waals surface area contributed by atoms with Gasteiger partial charge in [-0.15, -0.1) is 0 Å². The minimum atomic E-state index is -3.75. The van der Waals surface area contributed by atoms with Crippen LogP contribution in [0.4, 0.5) is 0 Å². The van der Waals surface area contributed by atoms with Gasteiger partial charge in [0.05, 0.1) is 22.0 Å². The minimum absolute atomic E-state index is 0.0464. The van der Waals surface area contributed by atoms with Crippen LogP contribution in [0.25, 0.3) is 11.0 Å². The molecule has 1 aliphatic heterocycles. The zero-order valence-electron chi connectivity index (χ0n) is 11.7. The number of fused-ring (bicyclic) bond motifs is 1. The van der Waals surface area contributed by atoms with Crippen LogP contribution in [-0.4, -0.2) is 58.7 Å². The van der Waals surface area contributed by atoms with E-state index in [9.17, 15) is 18.3 Å². The average molecular weight is 327 g/mol. The predicted octanol–water partition coefficient (Wildman–Crippen LogP) is -0.780. The number of aliphatic hydroxyl groups is 2. The van der Waals surface area contributed by atoms with E-state index < -0.39 is 21.8 Å². The van der Waals surface area contributed by atoms with Crippen molar-refractivity contribution in [1.82, 2.24) is 14.3 Å². The molecular formula is C13H17N3O5S. The van der Waals surface area contributed by atoms with Gasteiger partial charge in [0.2, 0.25) is 10.0 Å². The summed E-state index contributed by atoms with van der Waals surface area (Å²) in [5.74, 6) is -0.296. The van der Waals surface area contributed by atoms with Crippen LogP contribution < -0.4 is 5.69 Å². The minimum Gasteiger partial charge on any atom is -0.396 e. The summed E-state index contributed by atoms with van der Waals surface area (Å²) in [5, 5.41) is 19.0. The van der Waals surface area contributed by atoms with Gasteiger partial charge in [-0.05, 0) is 24.6 Å². The van der Waals surface area contributed by atoms with E-state index >= 15 is 0 Å². The number of imidazole rings is 1. The van der Waals surface area contributed by atoms with Crippen LogP contribution in [0, 0.1) is 5.92 Å². The van der Waals surface area contributed by atoms with Crippen LogP contribution in [-0.2, 0) is 10.0 Å². The van der Waals surface area contributed by atoms with Crippen molar-refractivity contribution < 1.29 is 18.6 Å². The molecule has 0 amide bonds. The fraction of sp³-hybridized carbons (Fsp3) is 0.462. The summed E-state index contributed by atoms with van der Waals surface area (Å²) in [6.45, 7) is 0.0349. The first kappa shape index (κ1) is 15.2. The van der Waals surface area contributed by atoms with Crippen LogP contribution in [0.2, 0.25) is 0 Å². The zero-order chi connectivity index (χ0) is 15.9. The van der Waals surface area contributed by atoms with Gasteiger partial charge in [-0.25, -0.2) is 13.2 Å². The standard InChI is InChI=1S/C13H17N3O5S/c17-7-8-3-4-16(6-12(8)18)22(20,21)9-1-2-10-11(5-9)15-13(19)14-10/h1-2,5,8,12,17-18H,3-4,6-7H2,(H2,14,15,19)/t8-,12+/m1/s1. The number of piperidine rings is 1. The molecule has 120 valence electrons. The number of β-amino-alcohol motifs (C(OH)–C–C–N with tert-alkyl or cyclic N) is 1. The van der Waals surface area contributed by atoms with E-state index in [-0.39, 0.29) is 30.5 Å². The maximum atomic E-state index is 12.6. The second kappa shape index (κ2) is 5.51. The Balaban J connectivity index is 1.92. The Bertz CT molecular complexity index is 841. The predicted molar refractivity (Wildman–Crippen MR) is 78.9 cm³/mol. The number of hydrogen-bond acceptors (Lipinski definition) is 5. The molecule has 1 aromatic heterocycles. The normalized spacial score (nSPS) is 23.9. The molecule has 0 radical (unpaired) electrons. The highest BCUT2D eigenvalue weighted by Gasteiger charge is 2.34. The van der Waals surface area contributed by atoms with Crippen molar-refractivity contribution >= 4 is 21.1 Å². The highest BCUT2D eigenvalue weighted by Crippen LogP contribution is 2.25. The number of aliphatic hydroxyl groups excluding tert-OH is 2. The molecular weight excluding hydrogens is 310 g/mol. The van der Waals surface area contributed by atoms with Gasteiger partial charge < -0.3 is 20.2 Å². The molecule has 1 saturated heterocycles. The molecule has 0 bridgehead atoms. The first-order valence-electron chi connectivity index (χ1n) is 6.93. The summed E-state index contributed by atoms with van der Waals surface area (Å²) in [5.41, 5.74) is 0.545. The molecule has 4 N–H and O–H groups in total. The molecule has 0 unspecified atom stereocenters. The monoisotopic (exact) mass is 327 g/mol. The maximum absolute atomic E-state index is 12.6. The number of aromatic amines is 2. The molecule has 1 fully saturated rings. The van der Waals surface area contributed by atoms with Crippen LogP contribution in [0.1, 0.15) is 6.42 Å². The van der Waals surface area contributed by atoms with E-state index in [1.54, 1.807) is 0 Å². The number of nitrogens with zero attached hydrogens (tertiary/aromatic N) is 1. The van der Waals surface area contributed by atoms with E-state index in [0.29, 0.717) is 17.5 Å². The molecule has 22 heavy (non-hydrogen) atoms. The summed E-state index contributed by atoms with van der Waals surface area (Å²) in [7, 11) is -3.75. The molecule has 1 aromatic carbocycles. The average Bonchev–Trinajstić information content (AvgIpc) is 2.86. The number of aromatic nitrogens is 2. The van der Waals surface area contributed by atoms with Crippen molar-refractivity contribution in [2.45, 2.75) is 17.4 Å². The van der Waals surface area contributed by atoms with Gasteiger partial charge in [0.15, 0.2) is 0 Å². The fourth-order valence-corrected chi connectivity index (χ4v) is 4.20. The fourth-order valence-electron chi connectivity index (χ4n) is 2.70. The Hall–Kier alpha value is -1.68. The van der Waals surface area contributed by atoms with Gasteiger partial charge in [0, 0.05) is 25.6 Å². The molecule has 3 rings (SSSR count). The molecule has 9 heteroatoms. The van der Waals surface area contributed by atoms with Crippen molar-refractivity contribution in [3.63, 3.8) is 0 Å². The number of sulfonamides is 1. The van der Waals surface area contributed by atoms with Crippen molar-refractivity contribution in [2.24, 2.45) is 5.92 Å². The Labute approximate surface area is 126 Å². The summed E-state index contributed by atoms with van der Waals surface area (Å²) < 4.78 is 26.5. The SMILES string of the molecule is O=c1[nH]c2ccc(S(=O)(=O)N3CC[C@H](CO)[C@@H](O)C3)cc2[nH]1. The number of rotatable bonds is 3. The molecule has 8 nitrogen and oxygen atoms in total. The Morgan fingerprint density at radius 3 is 2.68 bits per heavy atom. The quantitative estimate of drug-likeness (QED) is 0.588. The number of benzene rings is 1. The van der Waals surface area contributed by atoms with Crippen LogP contribution >= 0.6 is 0 Å². The number of hydrogen-bond donors (Lipinski definition) is 4. The van der Waals surface area contributed by atoms with Crippen LogP contribution in [0.3, 0.4) is 0 Å². The smallest absolute Gasteiger partial charge is 0.323 e. The van der Waals surface area contributed by atoms with Gasteiger partial charge in [0.1, 0.15) is 0 Å². The van der Waals surface area contributed by atoms with E-state index in [4.69, 9.17) is 5.11 Å². The third-order valence-corrected chi connectivity index (χ3v) is 5.90. The van der Waals surface area contributed by atoms with Gasteiger partial charge in [-0.2, -0.15) is 4.31 Å². The third kappa shape index (κ3) is 2.56. The lowest BCUT2D eigenvalue weighted by Gasteiger charge is -2.34. The van der Waals surface area contributed by atoms with Crippen LogP contribution in [0.5, 0.6) is 0 Å². The molecule has 2 aromatic rings. The van der Waals surface area contributed by atoms with Crippen LogP contribution in [0.15, 0.2) is 27.9 Å². The zero-order valence-corrected chi connectivity index (χ0v) is 12.5. The van der Waals surface area contributed by atoms with Crippen molar-refractivity contribution in [3.8, 4) is 0 Å². The summed E-state index contributed by atoms with van der Waals surface area (Å²) in [6.07, 6.45) is -0.482. The Morgan fingerprint density at radius 2 is 2.00 bits per heavy atom. The van der Waals surface area contributed by atoms with E-state index in [1.807, 2.05) is 0 Å². The highest BCUT2D eigenvalue weighted by molar-refractivity contribution is 7.89. The molecule has 0 spiro atoms. The second-order valence-corrected chi connectivity index (χ2v) is 7.39. The molecule has 1 aliphatic rings. The molecule has 0 saturated carbocycles. The first-order chi connectivity index (χ1) is 10.4. The number of nitrogens with one attached hydrogen (secondary N) is 2. The molecule has 2 atom stereocenters. The lowest BCUT2D eigenvalue weighted by Crippen LogP contribution is -2.47. The van der Waals surface area contributed by atoms with Crippen molar-refractivity contribution in [2.75, 3.05) is 19.7 Å². The third-order valence-electron chi connectivity index (χ3n) is 4.04. The maximum Gasteiger partial charge on any atom is 0.323 e. The van der Waals surface area contributed by atoms with Gasteiger partial charge in [-0.1, -0.05) is 0 Å². The lowest BCUT2D eigenvalue weighted by atomic mass is 9.96. The van der Waals surface area contributed by atoms with Gasteiger partial charge >= 0.3 is 5.69 Å². The van der Waals surface area contributed by atoms with E-state index in [2.05, 4.69) is 9.97 Å². The summed E-state index contributed by atoms with van der Waals surface area (Å²) >= 11 is 0. The first-order valence-corrected chi connectivity index (χ1v) is 8.37. The highest BCUT2D eigenvalue weighted by atomic mass is 32.2. The lowest BCUT2D eigenvalue weighted by molar-refractivity contribution is 0.0222. The number of H-pyrrole nitrogens is 2. The Kier molecular flexibility index (Phi) is 3.81.